The highest BCUT2D eigenvalue weighted by Crippen LogP contribution is 2.53. The summed E-state index contributed by atoms with van der Waals surface area (Å²) < 4.78 is 2.38. The molecule has 1 heterocycles. The highest BCUT2D eigenvalue weighted by atomic mass is 32.1. The van der Waals surface area contributed by atoms with Gasteiger partial charge in [0.2, 0.25) is 0 Å². The molecule has 0 saturated carbocycles. The number of fused-ring (bicyclic) bond motifs is 6. The second-order valence-corrected chi connectivity index (χ2v) is 16.8. The highest BCUT2D eigenvalue weighted by Gasteiger charge is 2.41. The number of aromatic nitrogens is 1. The monoisotopic (exact) mass is 777 g/mol. The standard InChI is InChI=1S/C57H47NS/c1-38(37-59)57(3)53-20-12-10-18-48(53)49-32-30-46(36-54(49)57)51(34-40-22-24-43(25-23-40)42-14-6-4-7-15-42)39(2)41-26-28-44(29-27-41)45-31-33-56-52(35-45)50-19-11-13-21-55(50)58(56)47-16-8-5-9-17-47/h4-33,35-36,39,51,59H,1,34,37H2,2-3H3. The fraction of sp³-hybridized carbons (Fsp3) is 0.123. The first-order chi connectivity index (χ1) is 28.9. The van der Waals surface area contributed by atoms with Gasteiger partial charge in [0.15, 0.2) is 0 Å². The van der Waals surface area contributed by atoms with Gasteiger partial charge in [0.1, 0.15) is 0 Å². The lowest BCUT2D eigenvalue weighted by molar-refractivity contribution is 0.570. The molecule has 1 aromatic heterocycles. The molecule has 0 spiro atoms. The van der Waals surface area contributed by atoms with Gasteiger partial charge in [-0.2, -0.15) is 12.6 Å². The van der Waals surface area contributed by atoms with E-state index in [0.29, 0.717) is 5.75 Å². The maximum Gasteiger partial charge on any atom is 0.0541 e. The Balaban J connectivity index is 1.02. The first kappa shape index (κ1) is 37.0. The van der Waals surface area contributed by atoms with Crippen LogP contribution in [0.2, 0.25) is 0 Å². The zero-order valence-corrected chi connectivity index (χ0v) is 34.5. The van der Waals surface area contributed by atoms with Gasteiger partial charge in [0.25, 0.3) is 0 Å². The zero-order valence-electron chi connectivity index (χ0n) is 33.6. The van der Waals surface area contributed by atoms with Gasteiger partial charge in [-0.1, -0.05) is 183 Å². The van der Waals surface area contributed by atoms with E-state index in [9.17, 15) is 0 Å². The maximum atomic E-state index is 4.76. The molecule has 59 heavy (non-hydrogen) atoms. The smallest absolute Gasteiger partial charge is 0.0541 e. The van der Waals surface area contributed by atoms with E-state index in [1.165, 1.54) is 88.7 Å². The molecule has 0 saturated heterocycles. The minimum Gasteiger partial charge on any atom is -0.309 e. The summed E-state index contributed by atoms with van der Waals surface area (Å²) in [6, 6.07) is 71.7. The molecule has 0 bridgehead atoms. The molecule has 2 heteroatoms. The van der Waals surface area contributed by atoms with Crippen molar-refractivity contribution in [2.24, 2.45) is 0 Å². The van der Waals surface area contributed by atoms with Crippen LogP contribution in [0.4, 0.5) is 0 Å². The van der Waals surface area contributed by atoms with Crippen molar-refractivity contribution in [2.75, 3.05) is 5.75 Å². The van der Waals surface area contributed by atoms with E-state index in [-0.39, 0.29) is 17.3 Å². The minimum atomic E-state index is -0.301. The van der Waals surface area contributed by atoms with Crippen LogP contribution in [0, 0.1) is 0 Å². The number of hydrogen-bond donors (Lipinski definition) is 1. The Labute approximate surface area is 353 Å². The van der Waals surface area contributed by atoms with Crippen LogP contribution in [-0.4, -0.2) is 10.3 Å². The summed E-state index contributed by atoms with van der Waals surface area (Å²) in [5.74, 6) is 1.13. The van der Waals surface area contributed by atoms with Crippen molar-refractivity contribution in [1.82, 2.24) is 4.57 Å². The Bertz CT molecular complexity index is 2980. The van der Waals surface area contributed by atoms with Crippen LogP contribution in [0.3, 0.4) is 0 Å². The van der Waals surface area contributed by atoms with Crippen molar-refractivity contribution in [3.05, 3.63) is 234 Å². The molecule has 8 aromatic carbocycles. The molecule has 1 nitrogen and oxygen atoms in total. The van der Waals surface area contributed by atoms with Crippen LogP contribution >= 0.6 is 12.6 Å². The molecule has 9 aromatic rings. The average molecular weight is 778 g/mol. The Hall–Kier alpha value is -6.35. The van der Waals surface area contributed by atoms with Crippen molar-refractivity contribution in [1.29, 1.82) is 0 Å². The average Bonchev–Trinajstić information content (AvgIpc) is 3.77. The molecular weight excluding hydrogens is 731 g/mol. The third-order valence-electron chi connectivity index (χ3n) is 13.2. The molecule has 0 radical (unpaired) electrons. The second-order valence-electron chi connectivity index (χ2n) is 16.4. The summed E-state index contributed by atoms with van der Waals surface area (Å²) in [6.07, 6.45) is 0.927. The lowest BCUT2D eigenvalue weighted by atomic mass is 9.73. The molecule has 3 unspecified atom stereocenters. The molecular formula is C57H47NS. The Morgan fingerprint density at radius 1 is 0.542 bits per heavy atom. The lowest BCUT2D eigenvalue weighted by Gasteiger charge is -2.31. The van der Waals surface area contributed by atoms with E-state index in [2.05, 4.69) is 219 Å². The third kappa shape index (κ3) is 6.35. The normalized spacial score (nSPS) is 15.5. The van der Waals surface area contributed by atoms with Gasteiger partial charge in [-0.15, -0.1) is 0 Å². The third-order valence-corrected chi connectivity index (χ3v) is 13.6. The molecule has 1 aliphatic carbocycles. The molecule has 1 aliphatic rings. The van der Waals surface area contributed by atoms with E-state index in [1.54, 1.807) is 0 Å². The molecule has 3 atom stereocenters. The summed E-state index contributed by atoms with van der Waals surface area (Å²) in [5.41, 5.74) is 18.7. The molecule has 0 N–H and O–H groups in total. The number of para-hydroxylation sites is 2. The van der Waals surface area contributed by atoms with E-state index in [1.807, 2.05) is 0 Å². The summed E-state index contributed by atoms with van der Waals surface area (Å²) >= 11 is 4.76. The van der Waals surface area contributed by atoms with Gasteiger partial charge in [-0.25, -0.2) is 0 Å². The fourth-order valence-electron chi connectivity index (χ4n) is 9.80. The number of thiol groups is 1. The van der Waals surface area contributed by atoms with Gasteiger partial charge in [0, 0.05) is 27.6 Å². The Kier molecular flexibility index (Phi) is 9.46. The molecule has 10 rings (SSSR count). The van der Waals surface area contributed by atoms with Gasteiger partial charge in [0.05, 0.1) is 11.0 Å². The minimum absolute atomic E-state index is 0.242. The van der Waals surface area contributed by atoms with Gasteiger partial charge in [-0.3, -0.25) is 0 Å². The summed E-state index contributed by atoms with van der Waals surface area (Å²) in [5, 5.41) is 2.54. The van der Waals surface area contributed by atoms with Gasteiger partial charge >= 0.3 is 0 Å². The van der Waals surface area contributed by atoms with Crippen LogP contribution in [0.15, 0.2) is 206 Å². The van der Waals surface area contributed by atoms with Crippen molar-refractivity contribution < 1.29 is 0 Å². The van der Waals surface area contributed by atoms with Gasteiger partial charge in [-0.05, 0) is 117 Å². The number of nitrogens with zero attached hydrogens (tertiary/aromatic N) is 1. The van der Waals surface area contributed by atoms with Crippen LogP contribution in [0.1, 0.15) is 53.5 Å². The van der Waals surface area contributed by atoms with Gasteiger partial charge < -0.3 is 4.57 Å². The van der Waals surface area contributed by atoms with Crippen LogP contribution < -0.4 is 0 Å². The lowest BCUT2D eigenvalue weighted by Crippen LogP contribution is -2.24. The highest BCUT2D eigenvalue weighted by molar-refractivity contribution is 7.80. The number of rotatable bonds is 10. The number of benzene rings is 8. The zero-order chi connectivity index (χ0) is 40.1. The summed E-state index contributed by atoms with van der Waals surface area (Å²) in [7, 11) is 0. The first-order valence-corrected chi connectivity index (χ1v) is 21.4. The molecule has 0 aliphatic heterocycles. The first-order valence-electron chi connectivity index (χ1n) is 20.8. The van der Waals surface area contributed by atoms with Crippen LogP contribution in [0.5, 0.6) is 0 Å². The summed E-state index contributed by atoms with van der Waals surface area (Å²) in [4.78, 5) is 0. The quantitative estimate of drug-likeness (QED) is 0.104. The van der Waals surface area contributed by atoms with E-state index in [4.69, 9.17) is 12.6 Å². The van der Waals surface area contributed by atoms with E-state index < -0.39 is 0 Å². The second kappa shape index (κ2) is 15.1. The maximum absolute atomic E-state index is 4.76. The van der Waals surface area contributed by atoms with Crippen molar-refractivity contribution in [3.8, 4) is 39.1 Å². The van der Waals surface area contributed by atoms with Crippen molar-refractivity contribution >= 4 is 34.4 Å². The van der Waals surface area contributed by atoms with E-state index >= 15 is 0 Å². The topological polar surface area (TPSA) is 4.93 Å². The van der Waals surface area contributed by atoms with Crippen molar-refractivity contribution in [2.45, 2.75) is 37.5 Å². The predicted octanol–water partition coefficient (Wildman–Crippen LogP) is 15.0. The summed E-state index contributed by atoms with van der Waals surface area (Å²) in [6.45, 7) is 9.34. The Morgan fingerprint density at radius 2 is 1.12 bits per heavy atom. The fourth-order valence-corrected chi connectivity index (χ4v) is 10.1. The molecule has 0 fully saturated rings. The predicted molar refractivity (Wildman–Crippen MR) is 254 cm³/mol. The Morgan fingerprint density at radius 3 is 1.88 bits per heavy atom. The number of hydrogen-bond acceptors (Lipinski definition) is 1. The van der Waals surface area contributed by atoms with E-state index in [0.717, 1.165) is 12.0 Å². The molecule has 0 amide bonds. The largest absolute Gasteiger partial charge is 0.309 e. The van der Waals surface area contributed by atoms with Crippen LogP contribution in [-0.2, 0) is 11.8 Å². The molecule has 286 valence electrons. The SMILES string of the molecule is C=C(CS)C1(C)c2ccccc2-c2ccc(C(Cc3ccc(-c4ccccc4)cc3)C(C)c3ccc(-c4ccc5c(c4)c4ccccc4n5-c4ccccc4)cc3)cc21. The van der Waals surface area contributed by atoms with Crippen molar-refractivity contribution in [3.63, 3.8) is 0 Å². The van der Waals surface area contributed by atoms with Crippen LogP contribution in [0.25, 0.3) is 60.9 Å².